The van der Waals surface area contributed by atoms with E-state index in [4.69, 9.17) is 0 Å². The zero-order valence-corrected chi connectivity index (χ0v) is 12.4. The lowest BCUT2D eigenvalue weighted by molar-refractivity contribution is -0.130. The number of hydrogen-bond donors (Lipinski definition) is 0. The van der Waals surface area contributed by atoms with E-state index in [0.29, 0.717) is 12.2 Å². The van der Waals surface area contributed by atoms with Crippen LogP contribution < -0.4 is 0 Å². The molecule has 0 bridgehead atoms. The normalized spacial score (nSPS) is 19.5. The molecule has 0 aliphatic carbocycles. The van der Waals surface area contributed by atoms with Crippen LogP contribution in [-0.4, -0.2) is 39.1 Å². The molecule has 1 unspecified atom stereocenters. The molecule has 2 rings (SSSR count). The number of ketones is 1. The van der Waals surface area contributed by atoms with E-state index in [1.807, 2.05) is 19.4 Å². The minimum atomic E-state index is -0.265. The molecule has 1 aromatic rings. The summed E-state index contributed by atoms with van der Waals surface area (Å²) in [5, 5.41) is 4.15. The zero-order valence-electron chi connectivity index (χ0n) is 12.4. The fourth-order valence-electron chi connectivity index (χ4n) is 2.94. The molecule has 1 aliphatic heterocycles. The molecule has 1 aliphatic rings. The second kappa shape index (κ2) is 5.87. The highest BCUT2D eigenvalue weighted by Gasteiger charge is 2.37. The summed E-state index contributed by atoms with van der Waals surface area (Å²) in [4.78, 5) is 15.0. The predicted molar refractivity (Wildman–Crippen MR) is 76.0 cm³/mol. The maximum atomic E-state index is 12.6. The summed E-state index contributed by atoms with van der Waals surface area (Å²) < 4.78 is 1.79. The number of hydrogen-bond acceptors (Lipinski definition) is 3. The minimum absolute atomic E-state index is 0.265. The van der Waals surface area contributed by atoms with Gasteiger partial charge in [0.15, 0.2) is 5.78 Å². The van der Waals surface area contributed by atoms with Gasteiger partial charge in [-0.05, 0) is 51.3 Å². The summed E-state index contributed by atoms with van der Waals surface area (Å²) in [5.74, 6) is 0.376. The van der Waals surface area contributed by atoms with Crippen LogP contribution in [0.3, 0.4) is 0 Å². The first-order valence-corrected chi connectivity index (χ1v) is 7.32. The molecule has 0 saturated carbocycles. The fourth-order valence-corrected chi connectivity index (χ4v) is 2.94. The van der Waals surface area contributed by atoms with Gasteiger partial charge in [0, 0.05) is 19.7 Å². The Kier molecular flexibility index (Phi) is 4.40. The summed E-state index contributed by atoms with van der Waals surface area (Å²) in [5.41, 5.74) is 0.884. The van der Waals surface area contributed by atoms with Crippen molar-refractivity contribution < 1.29 is 4.79 Å². The Balaban J connectivity index is 1.96. The largest absolute Gasteiger partial charge is 0.298 e. The Morgan fingerprint density at radius 1 is 1.42 bits per heavy atom. The van der Waals surface area contributed by atoms with Crippen LogP contribution in [0, 0.1) is 0 Å². The van der Waals surface area contributed by atoms with Gasteiger partial charge >= 0.3 is 0 Å². The standard InChI is InChI=1S/C15H25N3O/c1-4-15(2,18-9-5-6-10-18)14(19)8-7-13-11-16-17(3)12-13/h11-12H,4-10H2,1-3H3. The SMILES string of the molecule is CCC(C)(C(=O)CCc1cnn(C)c1)N1CCCC1. The van der Waals surface area contributed by atoms with Crippen LogP contribution in [-0.2, 0) is 18.3 Å². The van der Waals surface area contributed by atoms with E-state index in [1.165, 1.54) is 12.8 Å². The molecule has 19 heavy (non-hydrogen) atoms. The van der Waals surface area contributed by atoms with E-state index in [1.54, 1.807) is 4.68 Å². The third-order valence-corrected chi connectivity index (χ3v) is 4.49. The van der Waals surface area contributed by atoms with Gasteiger partial charge in [-0.1, -0.05) is 6.92 Å². The summed E-state index contributed by atoms with van der Waals surface area (Å²) in [6, 6.07) is 0. The van der Waals surface area contributed by atoms with Crippen LogP contribution in [0.15, 0.2) is 12.4 Å². The zero-order chi connectivity index (χ0) is 13.9. The Bertz CT molecular complexity index is 434. The number of Topliss-reactive ketones (excluding diaryl/α,β-unsaturated/α-hetero) is 1. The van der Waals surface area contributed by atoms with Crippen molar-refractivity contribution in [1.29, 1.82) is 0 Å². The quantitative estimate of drug-likeness (QED) is 0.789. The highest BCUT2D eigenvalue weighted by molar-refractivity contribution is 5.88. The minimum Gasteiger partial charge on any atom is -0.298 e. The van der Waals surface area contributed by atoms with Crippen LogP contribution in [0.25, 0.3) is 0 Å². The lowest BCUT2D eigenvalue weighted by atomic mass is 9.88. The molecule has 4 nitrogen and oxygen atoms in total. The smallest absolute Gasteiger partial charge is 0.153 e. The molecule has 0 amide bonds. The summed E-state index contributed by atoms with van der Waals surface area (Å²) in [6.07, 6.45) is 8.62. The van der Waals surface area contributed by atoms with Crippen LogP contribution in [0.4, 0.5) is 0 Å². The Labute approximate surface area is 115 Å². The molecule has 1 atom stereocenters. The molecule has 4 heteroatoms. The molecular weight excluding hydrogens is 238 g/mol. The van der Waals surface area contributed by atoms with Crippen LogP contribution in [0.1, 0.15) is 45.1 Å². The lowest BCUT2D eigenvalue weighted by Gasteiger charge is -2.36. The topological polar surface area (TPSA) is 38.1 Å². The number of aryl methyl sites for hydroxylation is 2. The van der Waals surface area contributed by atoms with E-state index in [9.17, 15) is 4.79 Å². The first-order chi connectivity index (χ1) is 9.06. The molecular formula is C15H25N3O. The second-order valence-electron chi connectivity index (χ2n) is 5.77. The number of likely N-dealkylation sites (tertiary alicyclic amines) is 1. The Morgan fingerprint density at radius 3 is 2.63 bits per heavy atom. The maximum absolute atomic E-state index is 12.6. The summed E-state index contributed by atoms with van der Waals surface area (Å²) in [7, 11) is 1.91. The third kappa shape index (κ3) is 3.06. The van der Waals surface area contributed by atoms with Crippen molar-refractivity contribution in [3.05, 3.63) is 18.0 Å². The van der Waals surface area contributed by atoms with Crippen molar-refractivity contribution in [3.8, 4) is 0 Å². The highest BCUT2D eigenvalue weighted by Crippen LogP contribution is 2.27. The number of carbonyl (C=O) groups is 1. The maximum Gasteiger partial charge on any atom is 0.153 e. The number of carbonyl (C=O) groups excluding carboxylic acids is 1. The average molecular weight is 263 g/mol. The monoisotopic (exact) mass is 263 g/mol. The molecule has 0 spiro atoms. The number of aromatic nitrogens is 2. The van der Waals surface area contributed by atoms with Crippen LogP contribution >= 0.6 is 0 Å². The van der Waals surface area contributed by atoms with Gasteiger partial charge in [-0.25, -0.2) is 0 Å². The number of nitrogens with zero attached hydrogens (tertiary/aromatic N) is 3. The van der Waals surface area contributed by atoms with E-state index in [2.05, 4.69) is 23.8 Å². The van der Waals surface area contributed by atoms with Gasteiger partial charge < -0.3 is 0 Å². The van der Waals surface area contributed by atoms with Crippen molar-refractivity contribution in [2.24, 2.45) is 7.05 Å². The van der Waals surface area contributed by atoms with Crippen molar-refractivity contribution in [3.63, 3.8) is 0 Å². The summed E-state index contributed by atoms with van der Waals surface area (Å²) in [6.45, 7) is 6.39. The number of rotatable bonds is 6. The fraction of sp³-hybridized carbons (Fsp3) is 0.733. The first-order valence-electron chi connectivity index (χ1n) is 7.32. The Morgan fingerprint density at radius 2 is 2.11 bits per heavy atom. The molecule has 106 valence electrons. The molecule has 2 heterocycles. The predicted octanol–water partition coefficient (Wildman–Crippen LogP) is 2.19. The second-order valence-corrected chi connectivity index (χ2v) is 5.77. The van der Waals surface area contributed by atoms with Crippen molar-refractivity contribution in [1.82, 2.24) is 14.7 Å². The van der Waals surface area contributed by atoms with Gasteiger partial charge in [-0.15, -0.1) is 0 Å². The average Bonchev–Trinajstić information content (AvgIpc) is 3.06. The van der Waals surface area contributed by atoms with Gasteiger partial charge in [0.2, 0.25) is 0 Å². The van der Waals surface area contributed by atoms with E-state index < -0.39 is 0 Å². The van der Waals surface area contributed by atoms with Gasteiger partial charge in [0.25, 0.3) is 0 Å². The van der Waals surface area contributed by atoms with Crippen LogP contribution in [0.2, 0.25) is 0 Å². The molecule has 0 aromatic carbocycles. The lowest BCUT2D eigenvalue weighted by Crippen LogP contribution is -2.50. The Hall–Kier alpha value is -1.16. The van der Waals surface area contributed by atoms with E-state index in [0.717, 1.165) is 31.5 Å². The van der Waals surface area contributed by atoms with Gasteiger partial charge in [0.05, 0.1) is 11.7 Å². The van der Waals surface area contributed by atoms with Gasteiger partial charge in [-0.2, -0.15) is 5.10 Å². The van der Waals surface area contributed by atoms with Crippen molar-refractivity contribution in [2.75, 3.05) is 13.1 Å². The molecule has 0 N–H and O–H groups in total. The van der Waals surface area contributed by atoms with Gasteiger partial charge in [-0.3, -0.25) is 14.4 Å². The molecule has 0 radical (unpaired) electrons. The van der Waals surface area contributed by atoms with Crippen molar-refractivity contribution in [2.45, 2.75) is 51.5 Å². The third-order valence-electron chi connectivity index (χ3n) is 4.49. The highest BCUT2D eigenvalue weighted by atomic mass is 16.1. The summed E-state index contributed by atoms with van der Waals surface area (Å²) >= 11 is 0. The first kappa shape index (κ1) is 14.3. The van der Waals surface area contributed by atoms with Gasteiger partial charge in [0.1, 0.15) is 0 Å². The molecule has 1 saturated heterocycles. The van der Waals surface area contributed by atoms with E-state index >= 15 is 0 Å². The van der Waals surface area contributed by atoms with Crippen LogP contribution in [0.5, 0.6) is 0 Å². The van der Waals surface area contributed by atoms with Crippen molar-refractivity contribution >= 4 is 5.78 Å². The molecule has 1 fully saturated rings. The van der Waals surface area contributed by atoms with E-state index in [-0.39, 0.29) is 5.54 Å². The molecule has 1 aromatic heterocycles.